The zero-order chi connectivity index (χ0) is 15.0. The van der Waals surface area contributed by atoms with Crippen molar-refractivity contribution in [3.63, 3.8) is 0 Å². The van der Waals surface area contributed by atoms with Crippen LogP contribution in [0.3, 0.4) is 0 Å². The summed E-state index contributed by atoms with van der Waals surface area (Å²) in [4.78, 5) is 0. The summed E-state index contributed by atoms with van der Waals surface area (Å²) in [5.41, 5.74) is 0.799. The minimum Gasteiger partial charge on any atom is -0.389 e. The van der Waals surface area contributed by atoms with Crippen LogP contribution in [0.1, 0.15) is 45.6 Å². The van der Waals surface area contributed by atoms with E-state index in [4.69, 9.17) is 0 Å². The second-order valence-electron chi connectivity index (χ2n) is 7.27. The first-order valence-electron chi connectivity index (χ1n) is 8.17. The molecule has 0 radical (unpaired) electrons. The van der Waals surface area contributed by atoms with Crippen LogP contribution in [0, 0.1) is 17.8 Å². The average molecular weight is 302 g/mol. The Morgan fingerprint density at radius 2 is 2.05 bits per heavy atom. The molecule has 1 N–H and O–H groups in total. The summed E-state index contributed by atoms with van der Waals surface area (Å²) in [5, 5.41) is 15.0. The van der Waals surface area contributed by atoms with Crippen molar-refractivity contribution in [3.8, 4) is 0 Å². The minimum absolute atomic E-state index is 0.423. The van der Waals surface area contributed by atoms with E-state index < -0.39 is 5.60 Å². The van der Waals surface area contributed by atoms with Gasteiger partial charge >= 0.3 is 0 Å². The van der Waals surface area contributed by atoms with Crippen molar-refractivity contribution in [3.05, 3.63) is 35.2 Å². The Labute approximate surface area is 132 Å². The van der Waals surface area contributed by atoms with Crippen molar-refractivity contribution in [2.45, 2.75) is 52.1 Å². The minimum atomic E-state index is -0.532. The fraction of sp³-hybridized carbons (Fsp3) is 0.579. The largest absolute Gasteiger partial charge is 0.389 e. The van der Waals surface area contributed by atoms with Crippen LogP contribution in [0.15, 0.2) is 29.6 Å². The number of benzene rings is 1. The number of fused-ring (bicyclic) bond motifs is 1. The number of rotatable bonds is 3. The van der Waals surface area contributed by atoms with Gasteiger partial charge in [-0.05, 0) is 53.0 Å². The van der Waals surface area contributed by atoms with Gasteiger partial charge in [-0.15, -0.1) is 11.3 Å². The molecule has 114 valence electrons. The van der Waals surface area contributed by atoms with Crippen LogP contribution in [0.5, 0.6) is 0 Å². The molecule has 1 fully saturated rings. The van der Waals surface area contributed by atoms with Crippen molar-refractivity contribution in [1.82, 2.24) is 0 Å². The predicted octanol–water partition coefficient (Wildman–Crippen LogP) is 5.27. The molecule has 1 heterocycles. The van der Waals surface area contributed by atoms with Gasteiger partial charge in [0.2, 0.25) is 0 Å². The molecule has 2 heteroatoms. The van der Waals surface area contributed by atoms with E-state index in [0.717, 1.165) is 19.3 Å². The van der Waals surface area contributed by atoms with E-state index in [0.29, 0.717) is 17.8 Å². The van der Waals surface area contributed by atoms with Crippen LogP contribution in [-0.4, -0.2) is 10.7 Å². The molecular formula is C19H26OS. The number of hydrogen-bond donors (Lipinski definition) is 1. The highest BCUT2D eigenvalue weighted by Gasteiger charge is 2.42. The molecule has 3 rings (SSSR count). The van der Waals surface area contributed by atoms with Crippen molar-refractivity contribution >= 4 is 21.4 Å². The second-order valence-corrected chi connectivity index (χ2v) is 8.19. The van der Waals surface area contributed by atoms with Crippen LogP contribution < -0.4 is 0 Å². The maximum absolute atomic E-state index is 11.4. The van der Waals surface area contributed by atoms with Crippen LogP contribution >= 0.6 is 11.3 Å². The molecule has 1 aliphatic carbocycles. The smallest absolute Gasteiger partial charge is 0.0721 e. The lowest BCUT2D eigenvalue weighted by molar-refractivity contribution is -0.0792. The fourth-order valence-corrected chi connectivity index (χ4v) is 5.21. The third kappa shape index (κ3) is 2.89. The molecule has 1 nitrogen and oxygen atoms in total. The Kier molecular flexibility index (Phi) is 4.11. The maximum atomic E-state index is 11.4. The molecule has 3 atom stereocenters. The summed E-state index contributed by atoms with van der Waals surface area (Å²) < 4.78 is 1.33. The molecule has 1 aromatic heterocycles. The van der Waals surface area contributed by atoms with Crippen LogP contribution in [0.4, 0.5) is 0 Å². The van der Waals surface area contributed by atoms with Gasteiger partial charge in [-0.3, -0.25) is 0 Å². The predicted molar refractivity (Wildman–Crippen MR) is 91.8 cm³/mol. The third-order valence-corrected chi connectivity index (χ3v) is 6.24. The highest BCUT2D eigenvalue weighted by atomic mass is 32.1. The van der Waals surface area contributed by atoms with E-state index in [9.17, 15) is 5.11 Å². The van der Waals surface area contributed by atoms with Gasteiger partial charge in [0.25, 0.3) is 0 Å². The molecule has 1 aromatic carbocycles. The lowest BCUT2D eigenvalue weighted by Gasteiger charge is -2.45. The fourth-order valence-electron chi connectivity index (χ4n) is 4.25. The summed E-state index contributed by atoms with van der Waals surface area (Å²) in [6, 6.07) is 8.57. The molecule has 1 aliphatic rings. The summed E-state index contributed by atoms with van der Waals surface area (Å²) >= 11 is 1.80. The van der Waals surface area contributed by atoms with Crippen LogP contribution in [0.2, 0.25) is 0 Å². The van der Waals surface area contributed by atoms with E-state index in [-0.39, 0.29) is 0 Å². The molecular weight excluding hydrogens is 276 g/mol. The highest BCUT2D eigenvalue weighted by Crippen LogP contribution is 2.44. The summed E-state index contributed by atoms with van der Waals surface area (Å²) in [5.74, 6) is 1.61. The molecule has 21 heavy (non-hydrogen) atoms. The zero-order valence-electron chi connectivity index (χ0n) is 13.3. The Balaban J connectivity index is 1.93. The van der Waals surface area contributed by atoms with Gasteiger partial charge in [0.05, 0.1) is 5.60 Å². The number of aliphatic hydroxyl groups is 1. The lowest BCUT2D eigenvalue weighted by atomic mass is 9.65. The van der Waals surface area contributed by atoms with Crippen LogP contribution in [-0.2, 0) is 6.42 Å². The Hall–Kier alpha value is -0.860. The first-order valence-corrected chi connectivity index (χ1v) is 9.05. The topological polar surface area (TPSA) is 20.2 Å². The zero-order valence-corrected chi connectivity index (χ0v) is 14.1. The Morgan fingerprint density at radius 3 is 2.81 bits per heavy atom. The van der Waals surface area contributed by atoms with Gasteiger partial charge in [-0.25, -0.2) is 0 Å². The van der Waals surface area contributed by atoms with Gasteiger partial charge in [0.1, 0.15) is 0 Å². The summed E-state index contributed by atoms with van der Waals surface area (Å²) in [7, 11) is 0. The van der Waals surface area contributed by atoms with E-state index in [1.807, 2.05) is 0 Å². The van der Waals surface area contributed by atoms with Crippen molar-refractivity contribution in [2.24, 2.45) is 17.8 Å². The van der Waals surface area contributed by atoms with E-state index >= 15 is 0 Å². The molecule has 3 unspecified atom stereocenters. The van der Waals surface area contributed by atoms with E-state index in [1.54, 1.807) is 11.3 Å². The SMILES string of the molecule is CC1CCC(C(C)C)C(O)(Cc2csc3ccccc23)C1. The third-order valence-electron chi connectivity index (χ3n) is 5.23. The molecule has 0 amide bonds. The molecule has 0 bridgehead atoms. The van der Waals surface area contributed by atoms with Crippen LogP contribution in [0.25, 0.3) is 10.1 Å². The molecule has 1 saturated carbocycles. The Bertz CT molecular complexity index is 615. The lowest BCUT2D eigenvalue weighted by Crippen LogP contribution is -2.47. The first kappa shape index (κ1) is 15.1. The molecule has 0 saturated heterocycles. The van der Waals surface area contributed by atoms with Gasteiger partial charge in [0.15, 0.2) is 0 Å². The van der Waals surface area contributed by atoms with Crippen molar-refractivity contribution in [1.29, 1.82) is 0 Å². The van der Waals surface area contributed by atoms with Gasteiger partial charge in [-0.1, -0.05) is 45.4 Å². The highest BCUT2D eigenvalue weighted by molar-refractivity contribution is 7.17. The van der Waals surface area contributed by atoms with E-state index in [2.05, 4.69) is 50.4 Å². The monoisotopic (exact) mass is 302 g/mol. The first-order chi connectivity index (χ1) is 9.99. The maximum Gasteiger partial charge on any atom is 0.0721 e. The van der Waals surface area contributed by atoms with E-state index in [1.165, 1.54) is 22.1 Å². The number of thiophene rings is 1. The Morgan fingerprint density at radius 1 is 1.29 bits per heavy atom. The quantitative estimate of drug-likeness (QED) is 0.819. The summed E-state index contributed by atoms with van der Waals surface area (Å²) in [6.45, 7) is 6.81. The van der Waals surface area contributed by atoms with Gasteiger partial charge < -0.3 is 5.11 Å². The average Bonchev–Trinajstić information content (AvgIpc) is 2.81. The van der Waals surface area contributed by atoms with Gasteiger partial charge in [-0.2, -0.15) is 0 Å². The van der Waals surface area contributed by atoms with Gasteiger partial charge in [0, 0.05) is 11.1 Å². The van der Waals surface area contributed by atoms with Crippen molar-refractivity contribution in [2.75, 3.05) is 0 Å². The molecule has 0 spiro atoms. The molecule has 2 aromatic rings. The summed E-state index contributed by atoms with van der Waals surface area (Å²) in [6.07, 6.45) is 4.18. The number of hydrogen-bond acceptors (Lipinski definition) is 2. The molecule has 0 aliphatic heterocycles. The second kappa shape index (κ2) is 5.73. The normalized spacial score (nSPS) is 30.1. The van der Waals surface area contributed by atoms with Crippen molar-refractivity contribution < 1.29 is 5.11 Å². The standard InChI is InChI=1S/C19H26OS/c1-13(2)17-9-8-14(3)10-19(17,20)11-15-12-21-18-7-5-4-6-16(15)18/h4-7,12-14,17,20H,8-11H2,1-3H3.